The smallest absolute Gasteiger partial charge is 0.227 e. The molecule has 3 rings (SSSR count). The van der Waals surface area contributed by atoms with Gasteiger partial charge in [0, 0.05) is 32.5 Å². The average Bonchev–Trinajstić information content (AvgIpc) is 3.12. The number of carbonyl (C=O) groups is 1. The van der Waals surface area contributed by atoms with Crippen LogP contribution in [0.2, 0.25) is 0 Å². The van der Waals surface area contributed by atoms with Gasteiger partial charge in [-0.1, -0.05) is 0 Å². The van der Waals surface area contributed by atoms with E-state index in [9.17, 15) is 4.79 Å². The highest BCUT2D eigenvalue weighted by Crippen LogP contribution is 2.34. The monoisotopic (exact) mass is 289 g/mol. The van der Waals surface area contributed by atoms with Gasteiger partial charge in [-0.15, -0.1) is 0 Å². The van der Waals surface area contributed by atoms with Crippen LogP contribution in [0.15, 0.2) is 18.6 Å². The van der Waals surface area contributed by atoms with E-state index < -0.39 is 5.41 Å². The fraction of sp³-hybridized carbons (Fsp3) is 0.462. The Morgan fingerprint density at radius 2 is 2.33 bits per heavy atom. The summed E-state index contributed by atoms with van der Waals surface area (Å²) in [5.41, 5.74) is 2.91. The molecule has 2 aromatic heterocycles. The van der Waals surface area contributed by atoms with Crippen LogP contribution in [0.25, 0.3) is 5.65 Å². The van der Waals surface area contributed by atoms with E-state index in [1.165, 1.54) is 0 Å². The Morgan fingerprint density at radius 3 is 3.05 bits per heavy atom. The van der Waals surface area contributed by atoms with Crippen molar-refractivity contribution in [3.8, 4) is 0 Å². The molecule has 0 aliphatic carbocycles. The number of nitrogens with zero attached hydrogens (tertiary/aromatic N) is 4. The molecule has 1 atom stereocenters. The summed E-state index contributed by atoms with van der Waals surface area (Å²) in [6, 6.07) is 0. The van der Waals surface area contributed by atoms with Gasteiger partial charge in [0.1, 0.15) is 0 Å². The Kier molecular flexibility index (Phi) is 3.17. The van der Waals surface area contributed by atoms with E-state index in [-0.39, 0.29) is 5.91 Å². The van der Waals surface area contributed by atoms with Gasteiger partial charge in [-0.25, -0.2) is 15.8 Å². The quantitative estimate of drug-likeness (QED) is 0.542. The Balaban J connectivity index is 1.98. The molecular formula is C13H19N7O. The predicted molar refractivity (Wildman–Crippen MR) is 79.8 cm³/mol. The zero-order valence-corrected chi connectivity index (χ0v) is 12.1. The second-order valence-corrected chi connectivity index (χ2v) is 5.56. The number of carbonyl (C=O) groups excluding carboxylic acids is 1. The highest BCUT2D eigenvalue weighted by molar-refractivity contribution is 5.84. The molecule has 21 heavy (non-hydrogen) atoms. The van der Waals surface area contributed by atoms with Crippen LogP contribution in [0, 0.1) is 5.41 Å². The molecule has 8 nitrogen and oxygen atoms in total. The van der Waals surface area contributed by atoms with E-state index in [2.05, 4.69) is 25.6 Å². The second-order valence-electron chi connectivity index (χ2n) is 5.56. The zero-order valence-electron chi connectivity index (χ0n) is 12.1. The van der Waals surface area contributed by atoms with E-state index in [4.69, 9.17) is 5.84 Å². The van der Waals surface area contributed by atoms with Crippen molar-refractivity contribution < 1.29 is 4.79 Å². The first-order valence-corrected chi connectivity index (χ1v) is 6.85. The van der Waals surface area contributed by atoms with Crippen molar-refractivity contribution in [3.63, 3.8) is 0 Å². The molecule has 112 valence electrons. The molecular weight excluding hydrogens is 270 g/mol. The summed E-state index contributed by atoms with van der Waals surface area (Å²) >= 11 is 0. The van der Waals surface area contributed by atoms with E-state index in [0.29, 0.717) is 12.4 Å². The fourth-order valence-electron chi connectivity index (χ4n) is 2.83. The van der Waals surface area contributed by atoms with E-state index in [1.807, 2.05) is 17.5 Å². The molecule has 1 unspecified atom stereocenters. The number of hydrogen-bond donors (Lipinski definition) is 3. The van der Waals surface area contributed by atoms with Gasteiger partial charge < -0.3 is 20.0 Å². The van der Waals surface area contributed by atoms with Crippen LogP contribution in [-0.4, -0.2) is 40.4 Å². The molecule has 3 heterocycles. The number of hydrazine groups is 1. The number of rotatable bonds is 3. The molecule has 1 amide bonds. The van der Waals surface area contributed by atoms with Gasteiger partial charge in [-0.3, -0.25) is 4.79 Å². The number of anilines is 2. The van der Waals surface area contributed by atoms with Gasteiger partial charge in [0.2, 0.25) is 5.91 Å². The molecule has 0 spiro atoms. The Hall–Kier alpha value is -2.35. The van der Waals surface area contributed by atoms with Crippen molar-refractivity contribution in [2.45, 2.75) is 13.3 Å². The molecule has 2 aromatic rings. The molecule has 8 heteroatoms. The van der Waals surface area contributed by atoms with Crippen LogP contribution >= 0.6 is 0 Å². The van der Waals surface area contributed by atoms with Crippen molar-refractivity contribution in [1.82, 2.24) is 19.7 Å². The maximum atomic E-state index is 12.0. The van der Waals surface area contributed by atoms with Crippen molar-refractivity contribution in [3.05, 3.63) is 18.6 Å². The van der Waals surface area contributed by atoms with Crippen LogP contribution in [0.5, 0.6) is 0 Å². The number of nitrogens with one attached hydrogen (secondary N) is 2. The third-order valence-corrected chi connectivity index (χ3v) is 4.05. The van der Waals surface area contributed by atoms with Crippen LogP contribution in [0.1, 0.15) is 13.3 Å². The lowest BCUT2D eigenvalue weighted by molar-refractivity contribution is -0.128. The fourth-order valence-corrected chi connectivity index (χ4v) is 2.83. The van der Waals surface area contributed by atoms with Crippen molar-refractivity contribution >= 4 is 23.2 Å². The Morgan fingerprint density at radius 1 is 1.52 bits per heavy atom. The van der Waals surface area contributed by atoms with Gasteiger partial charge in [0.05, 0.1) is 11.6 Å². The molecule has 0 aromatic carbocycles. The highest BCUT2D eigenvalue weighted by Gasteiger charge is 2.41. The zero-order chi connectivity index (χ0) is 15.0. The van der Waals surface area contributed by atoms with Crippen LogP contribution in [0.3, 0.4) is 0 Å². The van der Waals surface area contributed by atoms with Gasteiger partial charge >= 0.3 is 0 Å². The number of aromatic nitrogens is 3. The maximum absolute atomic E-state index is 12.0. The third-order valence-electron chi connectivity index (χ3n) is 4.05. The molecule has 0 radical (unpaired) electrons. The molecule has 4 N–H and O–H groups in total. The minimum Gasteiger partial charge on any atom is -0.359 e. The molecule has 0 saturated carbocycles. The number of imidazole rings is 1. The summed E-state index contributed by atoms with van der Waals surface area (Å²) in [6.07, 6.45) is 6.12. The number of nitrogen functional groups attached to an aromatic ring is 1. The van der Waals surface area contributed by atoms with Gasteiger partial charge in [0.15, 0.2) is 17.3 Å². The van der Waals surface area contributed by atoms with E-state index in [0.717, 1.165) is 24.4 Å². The first-order valence-electron chi connectivity index (χ1n) is 6.85. The minimum absolute atomic E-state index is 0.0532. The van der Waals surface area contributed by atoms with Crippen molar-refractivity contribution in [2.24, 2.45) is 11.3 Å². The van der Waals surface area contributed by atoms with Gasteiger partial charge in [0.25, 0.3) is 0 Å². The first kappa shape index (κ1) is 13.6. The summed E-state index contributed by atoms with van der Waals surface area (Å²) in [4.78, 5) is 23.0. The van der Waals surface area contributed by atoms with Crippen LogP contribution < -0.4 is 21.5 Å². The molecule has 0 bridgehead atoms. The lowest BCUT2D eigenvalue weighted by Gasteiger charge is -2.23. The topological polar surface area (TPSA) is 101 Å². The molecule has 1 fully saturated rings. The van der Waals surface area contributed by atoms with Gasteiger partial charge in [-0.2, -0.15) is 0 Å². The first-order chi connectivity index (χ1) is 10.1. The number of hydrogen-bond acceptors (Lipinski definition) is 6. The van der Waals surface area contributed by atoms with E-state index in [1.54, 1.807) is 19.4 Å². The summed E-state index contributed by atoms with van der Waals surface area (Å²) < 4.78 is 1.87. The largest absolute Gasteiger partial charge is 0.359 e. The minimum atomic E-state index is -0.411. The maximum Gasteiger partial charge on any atom is 0.227 e. The summed E-state index contributed by atoms with van der Waals surface area (Å²) in [6.45, 7) is 3.34. The summed E-state index contributed by atoms with van der Waals surface area (Å²) in [5.74, 6) is 6.82. The van der Waals surface area contributed by atoms with E-state index >= 15 is 0 Å². The predicted octanol–water partition coefficient (Wildman–Crippen LogP) is -0.0227. The molecule has 1 aliphatic heterocycles. The SMILES string of the molecule is CNC(=O)C1(C)CCN(c2nc(NN)cn3ccnc23)C1. The number of amides is 1. The van der Waals surface area contributed by atoms with Crippen LogP contribution in [-0.2, 0) is 4.79 Å². The second kappa shape index (κ2) is 4.88. The van der Waals surface area contributed by atoms with Crippen molar-refractivity contribution in [1.29, 1.82) is 0 Å². The Bertz CT molecular complexity index is 682. The lowest BCUT2D eigenvalue weighted by Crippen LogP contribution is -2.39. The Labute approximate surface area is 122 Å². The van der Waals surface area contributed by atoms with Gasteiger partial charge in [-0.05, 0) is 13.3 Å². The van der Waals surface area contributed by atoms with Crippen molar-refractivity contribution in [2.75, 3.05) is 30.5 Å². The van der Waals surface area contributed by atoms with Crippen LogP contribution in [0.4, 0.5) is 11.6 Å². The third kappa shape index (κ3) is 2.17. The molecule has 1 saturated heterocycles. The summed E-state index contributed by atoms with van der Waals surface area (Å²) in [7, 11) is 1.67. The number of nitrogens with two attached hydrogens (primary N) is 1. The summed E-state index contributed by atoms with van der Waals surface area (Å²) in [5, 5.41) is 2.73. The average molecular weight is 289 g/mol. The lowest BCUT2D eigenvalue weighted by atomic mass is 9.89. The molecule has 1 aliphatic rings. The number of fused-ring (bicyclic) bond motifs is 1. The highest BCUT2D eigenvalue weighted by atomic mass is 16.2. The standard InChI is InChI=1S/C13H19N7O/c1-13(12(21)15-2)3-5-20(8-13)11-10-16-4-6-19(10)7-9(17-11)18-14/h4,6-7,18H,3,5,8,14H2,1-2H3,(H,15,21). The normalized spacial score (nSPS) is 21.8.